The molecule has 0 bridgehead atoms. The van der Waals surface area contributed by atoms with Gasteiger partial charge in [-0.3, -0.25) is 9.52 Å². The van der Waals surface area contributed by atoms with Gasteiger partial charge in [0.15, 0.2) is 5.15 Å². The summed E-state index contributed by atoms with van der Waals surface area (Å²) in [5.74, 6) is -0.710. The van der Waals surface area contributed by atoms with E-state index in [2.05, 4.69) is 14.9 Å². The van der Waals surface area contributed by atoms with Gasteiger partial charge >= 0.3 is 0 Å². The standard InChI is InChI=1S/C18H15ClN4O3S/c1-11-2-8-14(9-3-11)27(25,26)23-13-6-4-12(5-7-13)16-10-15(18(20)24)17(19)22-21-16/h2-10,23H,1H3,(H2,20,24). The van der Waals surface area contributed by atoms with Crippen LogP contribution in [0.15, 0.2) is 59.5 Å². The Labute approximate surface area is 161 Å². The highest BCUT2D eigenvalue weighted by molar-refractivity contribution is 7.92. The van der Waals surface area contributed by atoms with Gasteiger partial charge in [0.25, 0.3) is 15.9 Å². The van der Waals surface area contributed by atoms with Crippen molar-refractivity contribution in [3.8, 4) is 11.3 Å². The topological polar surface area (TPSA) is 115 Å². The zero-order chi connectivity index (χ0) is 19.6. The van der Waals surface area contributed by atoms with Crippen molar-refractivity contribution in [2.75, 3.05) is 4.72 Å². The fourth-order valence-electron chi connectivity index (χ4n) is 2.33. The number of nitrogens with one attached hydrogen (secondary N) is 1. The molecule has 3 N–H and O–H groups in total. The lowest BCUT2D eigenvalue weighted by atomic mass is 10.1. The van der Waals surface area contributed by atoms with Crippen LogP contribution in [0.2, 0.25) is 5.15 Å². The van der Waals surface area contributed by atoms with E-state index in [1.807, 2.05) is 6.92 Å². The van der Waals surface area contributed by atoms with Crippen molar-refractivity contribution < 1.29 is 13.2 Å². The van der Waals surface area contributed by atoms with Crippen LogP contribution < -0.4 is 10.5 Å². The van der Waals surface area contributed by atoms with E-state index in [4.69, 9.17) is 17.3 Å². The third kappa shape index (κ3) is 4.24. The van der Waals surface area contributed by atoms with Crippen LogP contribution in [-0.4, -0.2) is 24.5 Å². The van der Waals surface area contributed by atoms with Gasteiger partial charge in [-0.25, -0.2) is 8.42 Å². The van der Waals surface area contributed by atoms with Gasteiger partial charge < -0.3 is 5.73 Å². The first-order valence-electron chi connectivity index (χ1n) is 7.79. The van der Waals surface area contributed by atoms with Crippen LogP contribution in [0.4, 0.5) is 5.69 Å². The highest BCUT2D eigenvalue weighted by Crippen LogP contribution is 2.23. The maximum Gasteiger partial charge on any atom is 0.261 e. The molecule has 138 valence electrons. The van der Waals surface area contributed by atoms with Gasteiger partial charge in [0.1, 0.15) is 0 Å². The van der Waals surface area contributed by atoms with E-state index in [0.717, 1.165) is 5.56 Å². The number of sulfonamides is 1. The first kappa shape index (κ1) is 18.8. The third-order valence-corrected chi connectivity index (χ3v) is 5.45. The number of primary amides is 1. The lowest BCUT2D eigenvalue weighted by molar-refractivity contribution is 0.1000. The maximum absolute atomic E-state index is 12.4. The number of amides is 1. The predicted molar refractivity (Wildman–Crippen MR) is 103 cm³/mol. The van der Waals surface area contributed by atoms with E-state index in [1.54, 1.807) is 48.5 Å². The molecule has 1 heterocycles. The summed E-state index contributed by atoms with van der Waals surface area (Å²) >= 11 is 5.79. The molecule has 3 rings (SSSR count). The molecule has 27 heavy (non-hydrogen) atoms. The summed E-state index contributed by atoms with van der Waals surface area (Å²) in [7, 11) is -3.69. The number of rotatable bonds is 5. The summed E-state index contributed by atoms with van der Waals surface area (Å²) in [4.78, 5) is 11.5. The molecule has 0 aliphatic rings. The van der Waals surface area contributed by atoms with Crippen LogP contribution in [0.5, 0.6) is 0 Å². The largest absolute Gasteiger partial charge is 0.366 e. The van der Waals surface area contributed by atoms with E-state index >= 15 is 0 Å². The summed E-state index contributed by atoms with van der Waals surface area (Å²) in [6, 6.07) is 14.4. The van der Waals surface area contributed by atoms with Crippen LogP contribution in [0, 0.1) is 6.92 Å². The zero-order valence-corrected chi connectivity index (χ0v) is 15.8. The Morgan fingerprint density at radius 3 is 2.26 bits per heavy atom. The molecule has 0 spiro atoms. The molecule has 3 aromatic rings. The summed E-state index contributed by atoms with van der Waals surface area (Å²) in [5, 5.41) is 7.56. The quantitative estimate of drug-likeness (QED) is 0.680. The minimum Gasteiger partial charge on any atom is -0.366 e. The molecule has 7 nitrogen and oxygen atoms in total. The molecule has 0 radical (unpaired) electrons. The van der Waals surface area contributed by atoms with Crippen molar-refractivity contribution in [2.24, 2.45) is 5.73 Å². The Balaban J connectivity index is 1.84. The van der Waals surface area contributed by atoms with Crippen molar-refractivity contribution in [2.45, 2.75) is 11.8 Å². The first-order valence-corrected chi connectivity index (χ1v) is 9.65. The van der Waals surface area contributed by atoms with E-state index in [-0.39, 0.29) is 15.6 Å². The number of anilines is 1. The average molecular weight is 403 g/mol. The Kier molecular flexibility index (Phi) is 5.11. The number of benzene rings is 2. The van der Waals surface area contributed by atoms with Crippen LogP contribution in [0.25, 0.3) is 11.3 Å². The second-order valence-corrected chi connectivity index (χ2v) is 7.83. The number of aryl methyl sites for hydroxylation is 1. The normalized spacial score (nSPS) is 11.2. The van der Waals surface area contributed by atoms with Gasteiger partial charge in [-0.05, 0) is 37.3 Å². The Morgan fingerprint density at radius 1 is 1.04 bits per heavy atom. The maximum atomic E-state index is 12.4. The molecule has 0 saturated heterocycles. The monoisotopic (exact) mass is 402 g/mol. The minimum atomic E-state index is -3.69. The summed E-state index contributed by atoms with van der Waals surface area (Å²) in [5.41, 5.74) is 7.68. The summed E-state index contributed by atoms with van der Waals surface area (Å²) in [6.45, 7) is 1.88. The smallest absolute Gasteiger partial charge is 0.261 e. The van der Waals surface area contributed by atoms with Crippen molar-refractivity contribution >= 4 is 33.2 Å². The number of hydrogen-bond acceptors (Lipinski definition) is 5. The number of nitrogens with two attached hydrogens (primary N) is 1. The number of halogens is 1. The van der Waals surface area contributed by atoms with Gasteiger partial charge in [0, 0.05) is 11.3 Å². The summed E-state index contributed by atoms with van der Waals surface area (Å²) in [6.07, 6.45) is 0. The van der Waals surface area contributed by atoms with Crippen LogP contribution >= 0.6 is 11.6 Å². The SMILES string of the molecule is Cc1ccc(S(=O)(=O)Nc2ccc(-c3cc(C(N)=O)c(Cl)nn3)cc2)cc1. The Hall–Kier alpha value is -2.97. The van der Waals surface area contributed by atoms with E-state index in [9.17, 15) is 13.2 Å². The molecule has 0 saturated carbocycles. The van der Waals surface area contributed by atoms with Gasteiger partial charge in [0.2, 0.25) is 0 Å². The van der Waals surface area contributed by atoms with Gasteiger partial charge in [0.05, 0.1) is 16.2 Å². The number of carbonyl (C=O) groups excluding carboxylic acids is 1. The lowest BCUT2D eigenvalue weighted by Crippen LogP contribution is -2.13. The number of carbonyl (C=O) groups is 1. The van der Waals surface area contributed by atoms with Gasteiger partial charge in [-0.15, -0.1) is 10.2 Å². The molecule has 2 aromatic carbocycles. The van der Waals surface area contributed by atoms with E-state index < -0.39 is 15.9 Å². The molecular weight excluding hydrogens is 388 g/mol. The summed E-state index contributed by atoms with van der Waals surface area (Å²) < 4.78 is 27.4. The fraction of sp³-hybridized carbons (Fsp3) is 0.0556. The molecule has 9 heteroatoms. The molecule has 0 aliphatic heterocycles. The molecule has 0 aliphatic carbocycles. The van der Waals surface area contributed by atoms with E-state index in [1.165, 1.54) is 6.07 Å². The predicted octanol–water partition coefficient (Wildman–Crippen LogP) is 3.01. The van der Waals surface area contributed by atoms with Crippen molar-refractivity contribution in [3.63, 3.8) is 0 Å². The second kappa shape index (κ2) is 7.34. The van der Waals surface area contributed by atoms with Crippen LogP contribution in [0.1, 0.15) is 15.9 Å². The van der Waals surface area contributed by atoms with Crippen LogP contribution in [0.3, 0.4) is 0 Å². The highest BCUT2D eigenvalue weighted by Gasteiger charge is 2.15. The molecule has 1 amide bonds. The Bertz CT molecular complexity index is 1100. The van der Waals surface area contributed by atoms with Gasteiger partial charge in [-0.2, -0.15) is 0 Å². The molecule has 0 atom stereocenters. The van der Waals surface area contributed by atoms with Crippen molar-refractivity contribution in [3.05, 3.63) is 70.9 Å². The molecule has 0 unspecified atom stereocenters. The number of aromatic nitrogens is 2. The second-order valence-electron chi connectivity index (χ2n) is 5.79. The lowest BCUT2D eigenvalue weighted by Gasteiger charge is -2.09. The van der Waals surface area contributed by atoms with E-state index in [0.29, 0.717) is 16.9 Å². The molecular formula is C18H15ClN4O3S. The Morgan fingerprint density at radius 2 is 1.67 bits per heavy atom. The highest BCUT2D eigenvalue weighted by atomic mass is 35.5. The zero-order valence-electron chi connectivity index (χ0n) is 14.2. The van der Waals surface area contributed by atoms with Crippen LogP contribution in [-0.2, 0) is 10.0 Å². The van der Waals surface area contributed by atoms with Crippen molar-refractivity contribution in [1.82, 2.24) is 10.2 Å². The molecule has 1 aromatic heterocycles. The average Bonchev–Trinajstić information content (AvgIpc) is 2.63. The number of hydrogen-bond donors (Lipinski definition) is 2. The molecule has 0 fully saturated rings. The number of nitrogens with zero attached hydrogens (tertiary/aromatic N) is 2. The fourth-order valence-corrected chi connectivity index (χ4v) is 3.58. The van der Waals surface area contributed by atoms with Gasteiger partial charge in [-0.1, -0.05) is 41.4 Å². The third-order valence-electron chi connectivity index (χ3n) is 3.78. The first-order chi connectivity index (χ1) is 12.8. The minimum absolute atomic E-state index is 0.0609. The van der Waals surface area contributed by atoms with Crippen molar-refractivity contribution in [1.29, 1.82) is 0 Å².